The number of carbonyl (C=O) groups is 4. The minimum atomic E-state index is -0.314. The third kappa shape index (κ3) is 4.83. The molecule has 3 rings (SSSR count). The molecule has 0 bridgehead atoms. The van der Waals surface area contributed by atoms with Gasteiger partial charge in [-0.1, -0.05) is 12.1 Å². The van der Waals surface area contributed by atoms with Crippen molar-refractivity contribution in [2.24, 2.45) is 0 Å². The lowest BCUT2D eigenvalue weighted by Gasteiger charge is -2.13. The van der Waals surface area contributed by atoms with E-state index in [-0.39, 0.29) is 35.9 Å². The van der Waals surface area contributed by atoms with Crippen LogP contribution in [0.1, 0.15) is 33.6 Å². The van der Waals surface area contributed by atoms with Crippen LogP contribution in [-0.2, 0) is 4.79 Å². The Balaban J connectivity index is 1.47. The average molecular weight is 411 g/mol. The topological polar surface area (TPSA) is 86.8 Å². The van der Waals surface area contributed by atoms with Crippen LogP contribution in [0, 0.1) is 0 Å². The normalized spacial score (nSPS) is 12.7. The predicted molar refractivity (Wildman–Crippen MR) is 111 cm³/mol. The SMILES string of the molecule is CN(C)C(=O)Sc1ccc(NC(=O)CCCN2C(=O)c3ccccc3C2=O)cc1. The lowest BCUT2D eigenvalue weighted by Crippen LogP contribution is -2.31. The quantitative estimate of drug-likeness (QED) is 0.581. The van der Waals surface area contributed by atoms with Crippen LogP contribution in [0.2, 0.25) is 0 Å². The Morgan fingerprint density at radius 2 is 1.55 bits per heavy atom. The van der Waals surface area contributed by atoms with Crippen molar-refractivity contribution in [1.29, 1.82) is 0 Å². The van der Waals surface area contributed by atoms with E-state index in [9.17, 15) is 19.2 Å². The fourth-order valence-electron chi connectivity index (χ4n) is 2.86. The summed E-state index contributed by atoms with van der Waals surface area (Å²) in [6.45, 7) is 0.196. The van der Waals surface area contributed by atoms with Crippen molar-refractivity contribution < 1.29 is 19.2 Å². The fraction of sp³-hybridized carbons (Fsp3) is 0.238. The minimum Gasteiger partial charge on any atom is -0.339 e. The van der Waals surface area contributed by atoms with Crippen LogP contribution in [0.3, 0.4) is 0 Å². The number of carbonyl (C=O) groups excluding carboxylic acids is 4. The number of imide groups is 1. The van der Waals surface area contributed by atoms with Crippen molar-refractivity contribution in [3.8, 4) is 0 Å². The molecule has 0 fully saturated rings. The summed E-state index contributed by atoms with van der Waals surface area (Å²) in [7, 11) is 3.37. The number of fused-ring (bicyclic) bond motifs is 1. The Labute approximate surface area is 173 Å². The molecule has 4 amide bonds. The summed E-state index contributed by atoms with van der Waals surface area (Å²) in [5.41, 5.74) is 1.44. The molecule has 1 aliphatic rings. The van der Waals surface area contributed by atoms with Gasteiger partial charge >= 0.3 is 0 Å². The smallest absolute Gasteiger partial charge is 0.285 e. The molecule has 1 aliphatic heterocycles. The number of hydrogen-bond acceptors (Lipinski definition) is 5. The number of hydrogen-bond donors (Lipinski definition) is 1. The van der Waals surface area contributed by atoms with Gasteiger partial charge in [-0.25, -0.2) is 0 Å². The highest BCUT2D eigenvalue weighted by atomic mass is 32.2. The molecule has 0 atom stereocenters. The van der Waals surface area contributed by atoms with Gasteiger partial charge in [-0.3, -0.25) is 24.1 Å². The van der Waals surface area contributed by atoms with Crippen LogP contribution in [0.25, 0.3) is 0 Å². The molecule has 0 unspecified atom stereocenters. The third-order valence-electron chi connectivity index (χ3n) is 4.37. The second kappa shape index (κ2) is 8.91. The molecule has 1 heterocycles. The first-order chi connectivity index (χ1) is 13.9. The van der Waals surface area contributed by atoms with Gasteiger partial charge in [0.1, 0.15) is 0 Å². The lowest BCUT2D eigenvalue weighted by molar-refractivity contribution is -0.116. The van der Waals surface area contributed by atoms with E-state index in [4.69, 9.17) is 0 Å². The van der Waals surface area contributed by atoms with Gasteiger partial charge in [0.15, 0.2) is 0 Å². The molecule has 150 valence electrons. The van der Waals surface area contributed by atoms with Gasteiger partial charge in [0.05, 0.1) is 11.1 Å². The second-order valence-corrected chi connectivity index (χ2v) is 7.77. The molecule has 2 aromatic rings. The fourth-order valence-corrected chi connectivity index (χ4v) is 3.52. The maximum Gasteiger partial charge on any atom is 0.285 e. The van der Waals surface area contributed by atoms with E-state index < -0.39 is 0 Å². The first-order valence-electron chi connectivity index (χ1n) is 9.11. The zero-order valence-electron chi connectivity index (χ0n) is 16.2. The van der Waals surface area contributed by atoms with Gasteiger partial charge in [-0.15, -0.1) is 0 Å². The van der Waals surface area contributed by atoms with E-state index in [0.29, 0.717) is 23.2 Å². The molecule has 8 heteroatoms. The zero-order chi connectivity index (χ0) is 21.0. The average Bonchev–Trinajstić information content (AvgIpc) is 2.94. The van der Waals surface area contributed by atoms with Crippen molar-refractivity contribution >= 4 is 40.4 Å². The number of rotatable bonds is 6. The molecule has 2 aromatic carbocycles. The molecule has 0 aromatic heterocycles. The van der Waals surface area contributed by atoms with E-state index >= 15 is 0 Å². The number of nitrogens with zero attached hydrogens (tertiary/aromatic N) is 2. The molecule has 0 saturated carbocycles. The summed E-state index contributed by atoms with van der Waals surface area (Å²) in [5, 5.41) is 2.70. The summed E-state index contributed by atoms with van der Waals surface area (Å²) in [4.78, 5) is 51.9. The van der Waals surface area contributed by atoms with Gasteiger partial charge in [0, 0.05) is 37.6 Å². The Morgan fingerprint density at radius 3 is 2.10 bits per heavy atom. The molecule has 0 aliphatic carbocycles. The van der Waals surface area contributed by atoms with Crippen LogP contribution >= 0.6 is 11.8 Å². The minimum absolute atomic E-state index is 0.0741. The molecule has 1 N–H and O–H groups in total. The van der Waals surface area contributed by atoms with Crippen LogP contribution in [0.5, 0.6) is 0 Å². The maximum atomic E-state index is 12.3. The Hall–Kier alpha value is -3.13. The number of benzene rings is 2. The summed E-state index contributed by atoms with van der Waals surface area (Å²) >= 11 is 1.11. The van der Waals surface area contributed by atoms with E-state index in [0.717, 1.165) is 16.7 Å². The number of amides is 4. The van der Waals surface area contributed by atoms with Crippen LogP contribution in [0.15, 0.2) is 53.4 Å². The van der Waals surface area contributed by atoms with Crippen LogP contribution < -0.4 is 5.32 Å². The van der Waals surface area contributed by atoms with E-state index in [1.54, 1.807) is 62.6 Å². The largest absolute Gasteiger partial charge is 0.339 e. The third-order valence-corrected chi connectivity index (χ3v) is 5.42. The maximum absolute atomic E-state index is 12.3. The summed E-state index contributed by atoms with van der Waals surface area (Å²) in [6, 6.07) is 13.7. The molecule has 7 nitrogen and oxygen atoms in total. The first-order valence-corrected chi connectivity index (χ1v) is 9.92. The van der Waals surface area contributed by atoms with Gasteiger partial charge in [-0.2, -0.15) is 0 Å². The molecule has 0 radical (unpaired) electrons. The zero-order valence-corrected chi connectivity index (χ0v) is 17.0. The monoisotopic (exact) mass is 411 g/mol. The van der Waals surface area contributed by atoms with E-state index in [1.807, 2.05) is 0 Å². The second-order valence-electron chi connectivity index (χ2n) is 6.75. The summed E-state index contributed by atoms with van der Waals surface area (Å²) in [6.07, 6.45) is 0.561. The molecule has 29 heavy (non-hydrogen) atoms. The van der Waals surface area contributed by atoms with Crippen LogP contribution in [-0.4, -0.2) is 53.4 Å². The van der Waals surface area contributed by atoms with Gasteiger partial charge in [-0.05, 0) is 54.6 Å². The van der Waals surface area contributed by atoms with E-state index in [1.165, 1.54) is 9.80 Å². The molecule has 0 saturated heterocycles. The Bertz CT molecular complexity index is 922. The number of nitrogens with one attached hydrogen (secondary N) is 1. The van der Waals surface area contributed by atoms with E-state index in [2.05, 4.69) is 5.32 Å². The number of thioether (sulfide) groups is 1. The lowest BCUT2D eigenvalue weighted by atomic mass is 10.1. The first kappa shape index (κ1) is 20.6. The highest BCUT2D eigenvalue weighted by Crippen LogP contribution is 2.24. The summed E-state index contributed by atoms with van der Waals surface area (Å²) in [5.74, 6) is -0.830. The van der Waals surface area contributed by atoms with Crippen molar-refractivity contribution in [3.63, 3.8) is 0 Å². The Kier molecular flexibility index (Phi) is 6.33. The molecular formula is C21H21N3O4S. The van der Waals surface area contributed by atoms with Crippen molar-refractivity contribution in [1.82, 2.24) is 9.80 Å². The standard InChI is InChI=1S/C21H21N3O4S/c1-23(2)21(28)29-15-11-9-14(10-12-15)22-18(25)8-5-13-24-19(26)16-6-3-4-7-17(16)20(24)27/h3-4,6-7,9-12H,5,8,13H2,1-2H3,(H,22,25). The predicted octanol–water partition coefficient (Wildman–Crippen LogP) is 3.48. The van der Waals surface area contributed by atoms with Crippen LogP contribution in [0.4, 0.5) is 10.5 Å². The van der Waals surface area contributed by atoms with Crippen molar-refractivity contribution in [2.45, 2.75) is 17.7 Å². The molecular weight excluding hydrogens is 390 g/mol. The number of anilines is 1. The van der Waals surface area contributed by atoms with Gasteiger partial charge < -0.3 is 10.2 Å². The van der Waals surface area contributed by atoms with Crippen molar-refractivity contribution in [2.75, 3.05) is 26.0 Å². The van der Waals surface area contributed by atoms with Gasteiger partial charge in [0.2, 0.25) is 5.91 Å². The van der Waals surface area contributed by atoms with Gasteiger partial charge in [0.25, 0.3) is 17.1 Å². The summed E-state index contributed by atoms with van der Waals surface area (Å²) < 4.78 is 0. The highest BCUT2D eigenvalue weighted by Gasteiger charge is 2.34. The molecule has 0 spiro atoms. The highest BCUT2D eigenvalue weighted by molar-refractivity contribution is 8.13. The van der Waals surface area contributed by atoms with Crippen molar-refractivity contribution in [3.05, 3.63) is 59.7 Å². The Morgan fingerprint density at radius 1 is 0.966 bits per heavy atom.